The quantitative estimate of drug-likeness (QED) is 0.568. The van der Waals surface area contributed by atoms with Gasteiger partial charge in [-0.2, -0.15) is 10.1 Å². The number of benzene rings is 2. The van der Waals surface area contributed by atoms with Crippen molar-refractivity contribution in [2.75, 3.05) is 17.2 Å². The first kappa shape index (κ1) is 20.8. The maximum atomic E-state index is 13.5. The van der Waals surface area contributed by atoms with Crippen LogP contribution in [0.1, 0.15) is 41.9 Å². The van der Waals surface area contributed by atoms with E-state index in [1.807, 2.05) is 63.2 Å². The van der Waals surface area contributed by atoms with E-state index in [2.05, 4.69) is 26.8 Å². The number of para-hydroxylation sites is 1. The molecule has 31 heavy (non-hydrogen) atoms. The minimum Gasteiger partial charge on any atom is -0.396 e. The van der Waals surface area contributed by atoms with Gasteiger partial charge in [-0.25, -0.2) is 4.68 Å². The number of carbonyl (C=O) groups excluding carboxylic acids is 1. The van der Waals surface area contributed by atoms with E-state index in [1.165, 1.54) is 0 Å². The molecule has 0 unspecified atom stereocenters. The van der Waals surface area contributed by atoms with Crippen LogP contribution in [0.5, 0.6) is 0 Å². The van der Waals surface area contributed by atoms with Crippen LogP contribution < -0.4 is 10.6 Å². The lowest BCUT2D eigenvalue weighted by atomic mass is 9.94. The van der Waals surface area contributed by atoms with Crippen molar-refractivity contribution in [1.82, 2.24) is 14.8 Å². The van der Waals surface area contributed by atoms with Gasteiger partial charge in [-0.3, -0.25) is 4.79 Å². The Labute approximate surface area is 181 Å². The minimum absolute atomic E-state index is 0.0833. The second kappa shape index (κ2) is 8.73. The number of hydrogen-bond donors (Lipinski definition) is 3. The zero-order chi connectivity index (χ0) is 22.0. The van der Waals surface area contributed by atoms with E-state index in [0.29, 0.717) is 30.2 Å². The van der Waals surface area contributed by atoms with E-state index in [-0.39, 0.29) is 12.5 Å². The van der Waals surface area contributed by atoms with Crippen LogP contribution in [0.25, 0.3) is 0 Å². The van der Waals surface area contributed by atoms with Gasteiger partial charge in [0.25, 0.3) is 5.91 Å². The Balaban J connectivity index is 1.77. The van der Waals surface area contributed by atoms with Crippen LogP contribution in [0.15, 0.2) is 59.8 Å². The van der Waals surface area contributed by atoms with Gasteiger partial charge in [0.05, 0.1) is 5.57 Å². The molecule has 7 heteroatoms. The summed E-state index contributed by atoms with van der Waals surface area (Å²) in [4.78, 5) is 18.1. The second-order valence-corrected chi connectivity index (χ2v) is 7.87. The topological polar surface area (TPSA) is 92.1 Å². The smallest absolute Gasteiger partial charge is 0.255 e. The molecule has 1 atom stereocenters. The Morgan fingerprint density at radius 1 is 1.16 bits per heavy atom. The fourth-order valence-electron chi connectivity index (χ4n) is 3.88. The van der Waals surface area contributed by atoms with Crippen LogP contribution in [0.3, 0.4) is 0 Å². The summed E-state index contributed by atoms with van der Waals surface area (Å²) < 4.78 is 1.78. The van der Waals surface area contributed by atoms with Crippen LogP contribution in [0.2, 0.25) is 0 Å². The summed E-state index contributed by atoms with van der Waals surface area (Å²) in [6, 6.07) is 15.4. The minimum atomic E-state index is -0.407. The number of amides is 1. The molecule has 160 valence electrons. The number of aromatic nitrogens is 3. The van der Waals surface area contributed by atoms with Gasteiger partial charge in [0.1, 0.15) is 6.04 Å². The van der Waals surface area contributed by atoms with Gasteiger partial charge < -0.3 is 15.7 Å². The molecule has 3 aromatic rings. The standard InChI is InChI=1S/C24H27N5O2/c1-15-8-6-10-18(14-15)22-21(23(31)26-19-11-5-4-9-16(19)2)17(3)25-24-27-20(12-7-13-30)28-29(22)24/h4-6,8-11,14,22,30H,7,12-13H2,1-3H3,(H,26,31)(H,25,27,28)/t22-/m1/s1. The summed E-state index contributed by atoms with van der Waals surface area (Å²) in [6.45, 7) is 5.97. The third kappa shape index (κ3) is 4.22. The Morgan fingerprint density at radius 3 is 2.71 bits per heavy atom. The number of hydrogen-bond acceptors (Lipinski definition) is 5. The van der Waals surface area contributed by atoms with Crippen molar-refractivity contribution < 1.29 is 9.90 Å². The van der Waals surface area contributed by atoms with Gasteiger partial charge in [-0.15, -0.1) is 0 Å². The predicted octanol–water partition coefficient (Wildman–Crippen LogP) is 3.75. The average molecular weight is 418 g/mol. The number of nitrogens with zero attached hydrogens (tertiary/aromatic N) is 3. The Morgan fingerprint density at radius 2 is 1.97 bits per heavy atom. The molecule has 0 aliphatic carbocycles. The van der Waals surface area contributed by atoms with Crippen molar-refractivity contribution in [2.24, 2.45) is 0 Å². The summed E-state index contributed by atoms with van der Waals surface area (Å²) in [5.41, 5.74) is 5.19. The number of nitrogens with one attached hydrogen (secondary N) is 2. The molecule has 2 heterocycles. The highest BCUT2D eigenvalue weighted by molar-refractivity contribution is 6.06. The average Bonchev–Trinajstić information content (AvgIpc) is 3.15. The molecule has 1 amide bonds. The van der Waals surface area contributed by atoms with E-state index >= 15 is 0 Å². The SMILES string of the molecule is CC1=C(C(=O)Nc2ccccc2C)[C@@H](c2cccc(C)c2)n2nc(CCCO)nc2N1. The molecule has 0 bridgehead atoms. The Bertz CT molecular complexity index is 1150. The monoisotopic (exact) mass is 417 g/mol. The molecular formula is C24H27N5O2. The van der Waals surface area contributed by atoms with Crippen LogP contribution in [0.4, 0.5) is 11.6 Å². The van der Waals surface area contributed by atoms with Gasteiger partial charge in [-0.1, -0.05) is 48.0 Å². The van der Waals surface area contributed by atoms with E-state index < -0.39 is 6.04 Å². The zero-order valence-corrected chi connectivity index (χ0v) is 18.0. The van der Waals surface area contributed by atoms with Gasteiger partial charge in [0, 0.05) is 24.4 Å². The number of rotatable bonds is 6. The van der Waals surface area contributed by atoms with Crippen LogP contribution in [-0.2, 0) is 11.2 Å². The fraction of sp³-hybridized carbons (Fsp3) is 0.292. The maximum absolute atomic E-state index is 13.5. The van der Waals surface area contributed by atoms with Crippen LogP contribution >= 0.6 is 0 Å². The van der Waals surface area contributed by atoms with Gasteiger partial charge in [-0.05, 0) is 44.4 Å². The summed E-state index contributed by atoms with van der Waals surface area (Å²) >= 11 is 0. The molecule has 1 aliphatic rings. The lowest BCUT2D eigenvalue weighted by molar-refractivity contribution is -0.113. The highest BCUT2D eigenvalue weighted by Crippen LogP contribution is 2.36. The van der Waals surface area contributed by atoms with Crippen molar-refractivity contribution in [2.45, 2.75) is 39.7 Å². The number of fused-ring (bicyclic) bond motifs is 1. The number of carbonyl (C=O) groups is 1. The number of aliphatic hydroxyl groups is 1. The first-order chi connectivity index (χ1) is 15.0. The molecule has 2 aromatic carbocycles. The maximum Gasteiger partial charge on any atom is 0.255 e. The second-order valence-electron chi connectivity index (χ2n) is 7.87. The summed E-state index contributed by atoms with van der Waals surface area (Å²) in [6.07, 6.45) is 1.16. The summed E-state index contributed by atoms with van der Waals surface area (Å²) in [5, 5.41) is 20.2. The molecule has 3 N–H and O–H groups in total. The lowest BCUT2D eigenvalue weighted by Gasteiger charge is -2.29. The number of allylic oxidation sites excluding steroid dienone is 1. The van der Waals surface area contributed by atoms with Crippen molar-refractivity contribution in [1.29, 1.82) is 0 Å². The van der Waals surface area contributed by atoms with Gasteiger partial charge in [0.2, 0.25) is 5.95 Å². The van der Waals surface area contributed by atoms with E-state index in [0.717, 1.165) is 28.1 Å². The highest BCUT2D eigenvalue weighted by Gasteiger charge is 2.34. The highest BCUT2D eigenvalue weighted by atomic mass is 16.3. The van der Waals surface area contributed by atoms with Gasteiger partial charge in [0.15, 0.2) is 5.82 Å². The molecule has 0 spiro atoms. The van der Waals surface area contributed by atoms with E-state index in [1.54, 1.807) is 4.68 Å². The lowest BCUT2D eigenvalue weighted by Crippen LogP contribution is -2.31. The van der Waals surface area contributed by atoms with E-state index in [4.69, 9.17) is 0 Å². The summed E-state index contributed by atoms with van der Waals surface area (Å²) in [5.74, 6) is 1.07. The molecule has 4 rings (SSSR count). The Kier molecular flexibility index (Phi) is 5.86. The molecular weight excluding hydrogens is 390 g/mol. The zero-order valence-electron chi connectivity index (χ0n) is 18.0. The number of aryl methyl sites for hydroxylation is 3. The molecule has 1 aliphatic heterocycles. The van der Waals surface area contributed by atoms with E-state index in [9.17, 15) is 9.90 Å². The van der Waals surface area contributed by atoms with Crippen molar-refractivity contribution in [3.05, 3.63) is 82.3 Å². The van der Waals surface area contributed by atoms with Crippen LogP contribution in [-0.4, -0.2) is 32.4 Å². The molecule has 0 saturated carbocycles. The number of anilines is 2. The summed E-state index contributed by atoms with van der Waals surface area (Å²) in [7, 11) is 0. The molecule has 0 fully saturated rings. The molecule has 1 aromatic heterocycles. The Hall–Kier alpha value is -3.45. The van der Waals surface area contributed by atoms with Crippen LogP contribution in [0, 0.1) is 13.8 Å². The third-order valence-corrected chi connectivity index (χ3v) is 5.45. The largest absolute Gasteiger partial charge is 0.396 e. The first-order valence-electron chi connectivity index (χ1n) is 10.5. The van der Waals surface area contributed by atoms with Crippen molar-refractivity contribution in [3.63, 3.8) is 0 Å². The normalized spacial score (nSPS) is 15.4. The third-order valence-electron chi connectivity index (χ3n) is 5.45. The molecule has 0 saturated heterocycles. The first-order valence-corrected chi connectivity index (χ1v) is 10.5. The predicted molar refractivity (Wildman–Crippen MR) is 121 cm³/mol. The molecule has 0 radical (unpaired) electrons. The van der Waals surface area contributed by atoms with Crippen molar-refractivity contribution in [3.8, 4) is 0 Å². The van der Waals surface area contributed by atoms with Gasteiger partial charge >= 0.3 is 0 Å². The molecule has 7 nitrogen and oxygen atoms in total. The fourth-order valence-corrected chi connectivity index (χ4v) is 3.88. The number of aliphatic hydroxyl groups excluding tert-OH is 1. The van der Waals surface area contributed by atoms with Crippen molar-refractivity contribution >= 4 is 17.5 Å².